The quantitative estimate of drug-likeness (QED) is 0.407. The number of nitrogens with zero attached hydrogens (tertiary/aromatic N) is 2. The van der Waals surface area contributed by atoms with Crippen molar-refractivity contribution in [2.24, 2.45) is 11.8 Å². The van der Waals surface area contributed by atoms with Crippen LogP contribution in [0.4, 0.5) is 0 Å². The van der Waals surface area contributed by atoms with Crippen LogP contribution in [0.1, 0.15) is 85.9 Å². The molecular weight excluding hydrogens is 507 g/mol. The number of hydrogen-bond acceptors (Lipinski definition) is 5. The van der Waals surface area contributed by atoms with Crippen molar-refractivity contribution < 1.29 is 44.2 Å². The van der Waals surface area contributed by atoms with Gasteiger partial charge in [-0.05, 0) is 128 Å². The molecule has 0 radical (unpaired) electrons. The molecule has 0 amide bonds. The van der Waals surface area contributed by atoms with Gasteiger partial charge in [0.15, 0.2) is 0 Å². The average Bonchev–Trinajstić information content (AvgIpc) is 3.69. The molecule has 0 bridgehead atoms. The molecule has 5 nitrogen and oxygen atoms in total. The summed E-state index contributed by atoms with van der Waals surface area (Å²) in [6, 6.07) is 18.1. The van der Waals surface area contributed by atoms with Crippen molar-refractivity contribution in [3.63, 3.8) is 0 Å². The van der Waals surface area contributed by atoms with Crippen LogP contribution in [-0.4, -0.2) is 28.4 Å². The van der Waals surface area contributed by atoms with E-state index in [1.165, 1.54) is 40.7 Å². The van der Waals surface area contributed by atoms with Crippen LogP contribution in [0.2, 0.25) is 0 Å². The van der Waals surface area contributed by atoms with E-state index >= 15 is 0 Å². The maximum atomic E-state index is 11.8. The SMILES string of the molecule is Cc1cc(-c2ccc(C3CCc4ccc([C@H](C5CC5)[C@H](C)C(=O)[O-])cc4O3)c(CN3CCC[C@@H]3C)c2)ccn1.[Na+]. The number of carbonyl (C=O) groups excluding carboxylic acids is 1. The normalized spacial score (nSPS) is 22.1. The van der Waals surface area contributed by atoms with Gasteiger partial charge in [0.05, 0.1) is 0 Å². The molecule has 0 N–H and O–H groups in total. The van der Waals surface area contributed by atoms with Gasteiger partial charge in [-0.25, -0.2) is 0 Å². The maximum Gasteiger partial charge on any atom is 1.00 e. The Bertz CT molecular complexity index is 1370. The van der Waals surface area contributed by atoms with E-state index in [-0.39, 0.29) is 41.6 Å². The molecule has 0 spiro atoms. The molecule has 40 heavy (non-hydrogen) atoms. The fraction of sp³-hybridized carbons (Fsp3) is 0.471. The molecule has 3 aliphatic rings. The van der Waals surface area contributed by atoms with Gasteiger partial charge in [-0.2, -0.15) is 0 Å². The van der Waals surface area contributed by atoms with Crippen molar-refractivity contribution in [1.29, 1.82) is 0 Å². The summed E-state index contributed by atoms with van der Waals surface area (Å²) in [4.78, 5) is 18.8. The number of benzene rings is 2. The van der Waals surface area contributed by atoms with Crippen LogP contribution < -0.4 is 39.4 Å². The molecule has 3 heterocycles. The molecule has 1 aromatic heterocycles. The van der Waals surface area contributed by atoms with Crippen molar-refractivity contribution in [1.82, 2.24) is 9.88 Å². The number of rotatable bonds is 8. The third-order valence-electron chi connectivity index (χ3n) is 9.25. The third-order valence-corrected chi connectivity index (χ3v) is 9.25. The minimum absolute atomic E-state index is 0. The Morgan fingerprint density at radius 3 is 2.58 bits per heavy atom. The number of aryl methyl sites for hydroxylation is 2. The Hall–Kier alpha value is -2.18. The predicted molar refractivity (Wildman–Crippen MR) is 151 cm³/mol. The Labute approximate surface area is 260 Å². The second-order valence-electron chi connectivity index (χ2n) is 12.0. The van der Waals surface area contributed by atoms with Gasteiger partial charge in [0, 0.05) is 36.4 Å². The predicted octanol–water partition coefficient (Wildman–Crippen LogP) is 2.99. The molecule has 1 unspecified atom stereocenters. The number of carboxylic acid groups (broad SMARTS) is 1. The van der Waals surface area contributed by atoms with E-state index in [2.05, 4.69) is 65.3 Å². The molecule has 6 heteroatoms. The van der Waals surface area contributed by atoms with Gasteiger partial charge in [0.2, 0.25) is 0 Å². The number of carboxylic acids is 1. The number of hydrogen-bond donors (Lipinski definition) is 0. The fourth-order valence-corrected chi connectivity index (χ4v) is 6.79. The number of fused-ring (bicyclic) bond motifs is 1. The zero-order valence-electron chi connectivity index (χ0n) is 24.4. The Balaban J connectivity index is 0.00000323. The second-order valence-corrected chi connectivity index (χ2v) is 12.0. The number of aliphatic carboxylic acids is 1. The molecule has 204 valence electrons. The first kappa shape index (κ1) is 29.3. The average molecular weight is 547 g/mol. The minimum atomic E-state index is -0.964. The summed E-state index contributed by atoms with van der Waals surface area (Å²) in [6.07, 6.45) is 8.43. The summed E-state index contributed by atoms with van der Waals surface area (Å²) in [5.41, 5.74) is 8.31. The number of likely N-dealkylation sites (tertiary alicyclic amines) is 1. The molecule has 4 atom stereocenters. The first-order valence-electron chi connectivity index (χ1n) is 14.7. The Kier molecular flexibility index (Phi) is 9.06. The van der Waals surface area contributed by atoms with E-state index in [0.717, 1.165) is 55.8 Å². The van der Waals surface area contributed by atoms with Crippen LogP contribution in [0.5, 0.6) is 5.75 Å². The summed E-state index contributed by atoms with van der Waals surface area (Å²) in [7, 11) is 0. The zero-order valence-corrected chi connectivity index (χ0v) is 26.4. The second kappa shape index (κ2) is 12.4. The van der Waals surface area contributed by atoms with Gasteiger partial charge >= 0.3 is 29.6 Å². The zero-order chi connectivity index (χ0) is 27.1. The molecular formula is C34H39N2NaO3. The van der Waals surface area contributed by atoms with Crippen molar-refractivity contribution in [2.75, 3.05) is 6.54 Å². The molecule has 1 saturated heterocycles. The van der Waals surface area contributed by atoms with Crippen LogP contribution in [0.15, 0.2) is 54.7 Å². The van der Waals surface area contributed by atoms with Gasteiger partial charge in [0.25, 0.3) is 0 Å². The van der Waals surface area contributed by atoms with E-state index in [1.54, 1.807) is 6.92 Å². The molecule has 1 saturated carbocycles. The van der Waals surface area contributed by atoms with E-state index in [9.17, 15) is 9.90 Å². The summed E-state index contributed by atoms with van der Waals surface area (Å²) < 4.78 is 6.75. The number of ether oxygens (including phenoxy) is 1. The molecule has 3 aromatic rings. The smallest absolute Gasteiger partial charge is 0.550 e. The molecule has 6 rings (SSSR count). The largest absolute Gasteiger partial charge is 1.00 e. The van der Waals surface area contributed by atoms with Gasteiger partial charge in [-0.15, -0.1) is 0 Å². The summed E-state index contributed by atoms with van der Waals surface area (Å²) in [6.45, 7) is 8.22. The number of pyridine rings is 1. The summed E-state index contributed by atoms with van der Waals surface area (Å²) >= 11 is 0. The summed E-state index contributed by atoms with van der Waals surface area (Å²) in [5.74, 6) is -0.148. The Morgan fingerprint density at radius 2 is 1.88 bits per heavy atom. The molecule has 2 aliphatic heterocycles. The minimum Gasteiger partial charge on any atom is -0.550 e. The number of carbonyl (C=O) groups is 1. The Morgan fingerprint density at radius 1 is 1.07 bits per heavy atom. The third kappa shape index (κ3) is 6.18. The molecule has 2 fully saturated rings. The summed E-state index contributed by atoms with van der Waals surface area (Å²) in [5, 5.41) is 11.8. The van der Waals surface area contributed by atoms with Gasteiger partial charge in [-0.3, -0.25) is 9.88 Å². The van der Waals surface area contributed by atoms with Crippen molar-refractivity contribution in [2.45, 2.75) is 83.9 Å². The van der Waals surface area contributed by atoms with Crippen LogP contribution >= 0.6 is 0 Å². The van der Waals surface area contributed by atoms with Crippen molar-refractivity contribution in [3.05, 3.63) is 82.7 Å². The van der Waals surface area contributed by atoms with E-state index in [1.807, 2.05) is 13.1 Å². The van der Waals surface area contributed by atoms with Crippen LogP contribution in [0, 0.1) is 18.8 Å². The first-order valence-corrected chi connectivity index (χ1v) is 14.7. The molecule has 1 aliphatic carbocycles. The monoisotopic (exact) mass is 546 g/mol. The van der Waals surface area contributed by atoms with E-state index in [4.69, 9.17) is 4.74 Å². The van der Waals surface area contributed by atoms with Gasteiger partial charge < -0.3 is 14.6 Å². The first-order chi connectivity index (χ1) is 18.9. The van der Waals surface area contributed by atoms with E-state index < -0.39 is 11.9 Å². The van der Waals surface area contributed by atoms with Gasteiger partial charge in [-0.1, -0.05) is 31.2 Å². The standard InChI is InChI=1S/C34H40N2O3.Na/c1-21-17-27(14-15-35-21)26-10-12-30(29(18-26)20-36-16-4-5-22(36)2)31-13-11-24-6-9-28(19-32(24)39-31)33(25-7-8-25)23(3)34(37)38;/h6,9-10,12,14-15,17-19,22-23,25,31,33H,4-5,7-8,11,13,16,20H2,1-3H3,(H,37,38);/q;+1/p-1/t22-,23-,31?,33-;/m0./s1. The van der Waals surface area contributed by atoms with Crippen LogP contribution in [0.25, 0.3) is 11.1 Å². The van der Waals surface area contributed by atoms with Crippen molar-refractivity contribution in [3.8, 4) is 16.9 Å². The topological polar surface area (TPSA) is 65.5 Å². The number of aromatic nitrogens is 1. The van der Waals surface area contributed by atoms with E-state index in [0.29, 0.717) is 12.0 Å². The van der Waals surface area contributed by atoms with Gasteiger partial charge in [0.1, 0.15) is 11.9 Å². The maximum absolute atomic E-state index is 11.8. The van der Waals surface area contributed by atoms with Crippen LogP contribution in [-0.2, 0) is 17.8 Å². The fourth-order valence-electron chi connectivity index (χ4n) is 6.79. The molecule has 2 aromatic carbocycles. The van der Waals surface area contributed by atoms with Crippen molar-refractivity contribution >= 4 is 5.97 Å². The van der Waals surface area contributed by atoms with Crippen LogP contribution in [0.3, 0.4) is 0 Å².